The molecular formula is C16H16N2O2. The Hall–Kier alpha value is -2.33. The molecule has 0 radical (unpaired) electrons. The van der Waals surface area contributed by atoms with Crippen LogP contribution in [0, 0.1) is 0 Å². The van der Waals surface area contributed by atoms with Crippen LogP contribution >= 0.6 is 0 Å². The molecule has 0 aliphatic carbocycles. The van der Waals surface area contributed by atoms with Crippen molar-refractivity contribution in [1.82, 2.24) is 0 Å². The number of amides is 1. The second kappa shape index (κ2) is 4.98. The lowest BCUT2D eigenvalue weighted by Crippen LogP contribution is -2.19. The Morgan fingerprint density at radius 3 is 2.85 bits per heavy atom. The van der Waals surface area contributed by atoms with E-state index in [-0.39, 0.29) is 5.91 Å². The Balaban J connectivity index is 1.90. The lowest BCUT2D eigenvalue weighted by atomic mass is 10.1. The van der Waals surface area contributed by atoms with E-state index < -0.39 is 6.04 Å². The SMILES string of the molecule is CCc1ccccc1Oc1ccc2c(c1)NC(=O)C2N. The van der Waals surface area contributed by atoms with Crippen LogP contribution in [0.5, 0.6) is 11.5 Å². The average Bonchev–Trinajstić information content (AvgIpc) is 2.74. The number of ether oxygens (including phenoxy) is 1. The zero-order valence-electron chi connectivity index (χ0n) is 11.2. The molecule has 2 aromatic carbocycles. The van der Waals surface area contributed by atoms with Crippen molar-refractivity contribution in [3.63, 3.8) is 0 Å². The predicted octanol–water partition coefficient (Wildman–Crippen LogP) is 2.99. The number of benzene rings is 2. The van der Waals surface area contributed by atoms with E-state index in [1.165, 1.54) is 0 Å². The molecule has 3 rings (SSSR count). The molecular weight excluding hydrogens is 252 g/mol. The van der Waals surface area contributed by atoms with Crippen molar-refractivity contribution in [2.45, 2.75) is 19.4 Å². The maximum atomic E-state index is 11.5. The van der Waals surface area contributed by atoms with E-state index in [0.29, 0.717) is 5.75 Å². The molecule has 1 unspecified atom stereocenters. The van der Waals surface area contributed by atoms with Gasteiger partial charge in [0, 0.05) is 17.3 Å². The van der Waals surface area contributed by atoms with Gasteiger partial charge in [-0.15, -0.1) is 0 Å². The standard InChI is InChI=1S/C16H16N2O2/c1-2-10-5-3-4-6-14(10)20-11-7-8-12-13(9-11)18-16(19)15(12)17/h3-9,15H,2,17H2,1H3,(H,18,19). The number of carbonyl (C=O) groups excluding carboxylic acids is 1. The number of rotatable bonds is 3. The van der Waals surface area contributed by atoms with Gasteiger partial charge in [-0.25, -0.2) is 0 Å². The van der Waals surface area contributed by atoms with Crippen molar-refractivity contribution >= 4 is 11.6 Å². The number of carbonyl (C=O) groups is 1. The van der Waals surface area contributed by atoms with Crippen molar-refractivity contribution < 1.29 is 9.53 Å². The van der Waals surface area contributed by atoms with Crippen LogP contribution in [-0.4, -0.2) is 5.91 Å². The van der Waals surface area contributed by atoms with Gasteiger partial charge in [-0.1, -0.05) is 31.2 Å². The number of hydrogen-bond donors (Lipinski definition) is 2. The molecule has 0 saturated carbocycles. The van der Waals surface area contributed by atoms with Crippen molar-refractivity contribution in [3.8, 4) is 11.5 Å². The molecule has 1 atom stereocenters. The van der Waals surface area contributed by atoms with Crippen LogP contribution in [0.25, 0.3) is 0 Å². The number of hydrogen-bond acceptors (Lipinski definition) is 3. The van der Waals surface area contributed by atoms with Gasteiger partial charge in [0.05, 0.1) is 0 Å². The average molecular weight is 268 g/mol. The van der Waals surface area contributed by atoms with Gasteiger partial charge >= 0.3 is 0 Å². The van der Waals surface area contributed by atoms with Crippen molar-refractivity contribution in [2.75, 3.05) is 5.32 Å². The number of para-hydroxylation sites is 1. The fourth-order valence-corrected chi connectivity index (χ4v) is 2.35. The molecule has 1 amide bonds. The number of aryl methyl sites for hydroxylation is 1. The summed E-state index contributed by atoms with van der Waals surface area (Å²) in [5.41, 5.74) is 8.47. The molecule has 0 aromatic heterocycles. The monoisotopic (exact) mass is 268 g/mol. The maximum absolute atomic E-state index is 11.5. The molecule has 102 valence electrons. The Kier molecular flexibility index (Phi) is 3.16. The van der Waals surface area contributed by atoms with Crippen LogP contribution in [0.1, 0.15) is 24.1 Å². The summed E-state index contributed by atoms with van der Waals surface area (Å²) >= 11 is 0. The Bertz CT molecular complexity index is 667. The van der Waals surface area contributed by atoms with E-state index in [9.17, 15) is 4.79 Å². The lowest BCUT2D eigenvalue weighted by molar-refractivity contribution is -0.116. The van der Waals surface area contributed by atoms with E-state index in [0.717, 1.165) is 29.0 Å². The first-order valence-electron chi connectivity index (χ1n) is 6.65. The third-order valence-electron chi connectivity index (χ3n) is 3.48. The predicted molar refractivity (Wildman–Crippen MR) is 77.9 cm³/mol. The highest BCUT2D eigenvalue weighted by atomic mass is 16.5. The zero-order chi connectivity index (χ0) is 14.1. The molecule has 0 bridgehead atoms. The fraction of sp³-hybridized carbons (Fsp3) is 0.188. The second-order valence-electron chi connectivity index (χ2n) is 4.78. The summed E-state index contributed by atoms with van der Waals surface area (Å²) < 4.78 is 5.90. The van der Waals surface area contributed by atoms with E-state index in [1.54, 1.807) is 0 Å². The zero-order valence-corrected chi connectivity index (χ0v) is 11.2. The molecule has 4 nitrogen and oxygen atoms in total. The summed E-state index contributed by atoms with van der Waals surface area (Å²) in [6.07, 6.45) is 0.905. The normalized spacial score (nSPS) is 16.7. The minimum absolute atomic E-state index is 0.175. The Labute approximate surface area is 117 Å². The van der Waals surface area contributed by atoms with Gasteiger partial charge in [-0.05, 0) is 24.1 Å². The molecule has 2 aromatic rings. The Morgan fingerprint density at radius 1 is 1.25 bits per heavy atom. The molecule has 1 aliphatic heterocycles. The summed E-state index contributed by atoms with van der Waals surface area (Å²) in [5, 5.41) is 2.76. The Morgan fingerprint density at radius 2 is 2.05 bits per heavy atom. The quantitative estimate of drug-likeness (QED) is 0.899. The van der Waals surface area contributed by atoms with E-state index in [4.69, 9.17) is 10.5 Å². The second-order valence-corrected chi connectivity index (χ2v) is 4.78. The largest absolute Gasteiger partial charge is 0.457 e. The first-order chi connectivity index (χ1) is 9.69. The molecule has 0 fully saturated rings. The molecule has 0 saturated heterocycles. The summed E-state index contributed by atoms with van der Waals surface area (Å²) in [4.78, 5) is 11.5. The first-order valence-corrected chi connectivity index (χ1v) is 6.65. The third kappa shape index (κ3) is 2.14. The van der Waals surface area contributed by atoms with Gasteiger partial charge in [-0.2, -0.15) is 0 Å². The summed E-state index contributed by atoms with van der Waals surface area (Å²) in [7, 11) is 0. The van der Waals surface area contributed by atoms with Gasteiger partial charge < -0.3 is 15.8 Å². The summed E-state index contributed by atoms with van der Waals surface area (Å²) in [5.74, 6) is 1.36. The van der Waals surface area contributed by atoms with Crippen LogP contribution < -0.4 is 15.8 Å². The van der Waals surface area contributed by atoms with Crippen LogP contribution in [0.3, 0.4) is 0 Å². The van der Waals surface area contributed by atoms with Gasteiger partial charge in [0.2, 0.25) is 5.91 Å². The number of anilines is 1. The maximum Gasteiger partial charge on any atom is 0.245 e. The number of nitrogens with one attached hydrogen (secondary N) is 1. The van der Waals surface area contributed by atoms with E-state index in [1.807, 2.05) is 42.5 Å². The lowest BCUT2D eigenvalue weighted by Gasteiger charge is -2.11. The highest BCUT2D eigenvalue weighted by Crippen LogP contribution is 2.34. The van der Waals surface area contributed by atoms with E-state index in [2.05, 4.69) is 12.2 Å². The third-order valence-corrected chi connectivity index (χ3v) is 3.48. The van der Waals surface area contributed by atoms with Gasteiger partial charge in [-0.3, -0.25) is 4.79 Å². The van der Waals surface area contributed by atoms with Gasteiger partial charge in [0.1, 0.15) is 17.5 Å². The van der Waals surface area contributed by atoms with Gasteiger partial charge in [0.15, 0.2) is 0 Å². The fourth-order valence-electron chi connectivity index (χ4n) is 2.35. The minimum Gasteiger partial charge on any atom is -0.457 e. The molecule has 1 heterocycles. The smallest absolute Gasteiger partial charge is 0.245 e. The van der Waals surface area contributed by atoms with Crippen molar-refractivity contribution in [2.24, 2.45) is 5.73 Å². The van der Waals surface area contributed by atoms with Crippen LogP contribution in [-0.2, 0) is 11.2 Å². The number of fused-ring (bicyclic) bond motifs is 1. The van der Waals surface area contributed by atoms with E-state index >= 15 is 0 Å². The molecule has 1 aliphatic rings. The van der Waals surface area contributed by atoms with Crippen molar-refractivity contribution in [1.29, 1.82) is 0 Å². The van der Waals surface area contributed by atoms with Crippen molar-refractivity contribution in [3.05, 3.63) is 53.6 Å². The minimum atomic E-state index is -0.582. The first kappa shape index (κ1) is 12.7. The molecule has 3 N–H and O–H groups in total. The molecule has 4 heteroatoms. The highest BCUT2D eigenvalue weighted by Gasteiger charge is 2.27. The number of nitrogens with two attached hydrogens (primary N) is 1. The van der Waals surface area contributed by atoms with Crippen LogP contribution in [0.4, 0.5) is 5.69 Å². The summed E-state index contributed by atoms with van der Waals surface area (Å²) in [6, 6.07) is 12.8. The summed E-state index contributed by atoms with van der Waals surface area (Å²) in [6.45, 7) is 2.09. The topological polar surface area (TPSA) is 64.3 Å². The van der Waals surface area contributed by atoms with Gasteiger partial charge in [0.25, 0.3) is 0 Å². The van der Waals surface area contributed by atoms with Crippen LogP contribution in [0.15, 0.2) is 42.5 Å². The molecule has 0 spiro atoms. The molecule has 20 heavy (non-hydrogen) atoms. The van der Waals surface area contributed by atoms with Crippen LogP contribution in [0.2, 0.25) is 0 Å². The highest BCUT2D eigenvalue weighted by molar-refractivity contribution is 6.02.